The molecule has 0 unspecified atom stereocenters. The second-order valence-electron chi connectivity index (χ2n) is 8.16. The van der Waals surface area contributed by atoms with E-state index in [1.165, 1.54) is 0 Å². The lowest BCUT2D eigenvalue weighted by Crippen LogP contribution is -2.48. The first-order valence-corrected chi connectivity index (χ1v) is 11.7. The molecule has 0 saturated heterocycles. The molecule has 0 aliphatic carbocycles. The van der Waals surface area contributed by atoms with Gasteiger partial charge in [-0.15, -0.1) is 0 Å². The normalized spacial score (nSPS) is 10.4. The van der Waals surface area contributed by atoms with Gasteiger partial charge in [0.2, 0.25) is 0 Å². The minimum Gasteiger partial charge on any atom is -0.493 e. The van der Waals surface area contributed by atoms with Gasteiger partial charge in [0, 0.05) is 0 Å². The summed E-state index contributed by atoms with van der Waals surface area (Å²) >= 11 is 5.18. The fraction of sp³-hybridized carbons (Fsp3) is 0.222. The van der Waals surface area contributed by atoms with Crippen LogP contribution in [-0.2, 0) is 6.61 Å². The van der Waals surface area contributed by atoms with Crippen LogP contribution in [0.15, 0.2) is 78.9 Å². The van der Waals surface area contributed by atoms with Gasteiger partial charge in [-0.3, -0.25) is 25.8 Å². The first kappa shape index (κ1) is 25.7. The number of carbonyl (C=O) groups is 2. The van der Waals surface area contributed by atoms with Crippen molar-refractivity contribution < 1.29 is 19.1 Å². The van der Waals surface area contributed by atoms with Crippen LogP contribution in [0.3, 0.4) is 0 Å². The number of hydrogen-bond donors (Lipinski definition) is 3. The minimum atomic E-state index is -0.456. The summed E-state index contributed by atoms with van der Waals surface area (Å²) in [5.74, 6) is 0.497. The molecule has 0 spiro atoms. The van der Waals surface area contributed by atoms with Crippen LogP contribution in [0.1, 0.15) is 46.5 Å². The number of hydrogen-bond acceptors (Lipinski definition) is 5. The summed E-state index contributed by atoms with van der Waals surface area (Å²) in [4.78, 5) is 25.4. The molecule has 35 heavy (non-hydrogen) atoms. The van der Waals surface area contributed by atoms with Crippen molar-refractivity contribution in [2.24, 2.45) is 5.92 Å². The Hall–Kier alpha value is -3.91. The van der Waals surface area contributed by atoms with E-state index in [0.29, 0.717) is 41.8 Å². The molecular weight excluding hydrogens is 462 g/mol. The van der Waals surface area contributed by atoms with E-state index in [1.54, 1.807) is 48.5 Å². The van der Waals surface area contributed by atoms with Crippen LogP contribution < -0.4 is 25.6 Å². The molecule has 0 bridgehead atoms. The van der Waals surface area contributed by atoms with E-state index in [9.17, 15) is 9.59 Å². The van der Waals surface area contributed by atoms with Crippen LogP contribution in [0, 0.1) is 5.92 Å². The van der Waals surface area contributed by atoms with Crippen molar-refractivity contribution in [2.75, 3.05) is 6.61 Å². The lowest BCUT2D eigenvalue weighted by molar-refractivity contribution is 0.0929. The maximum absolute atomic E-state index is 12.7. The Kier molecular flexibility index (Phi) is 9.62. The van der Waals surface area contributed by atoms with Gasteiger partial charge in [-0.05, 0) is 54.4 Å². The van der Waals surface area contributed by atoms with Crippen molar-refractivity contribution in [3.05, 3.63) is 95.6 Å². The third-order valence-electron chi connectivity index (χ3n) is 4.97. The summed E-state index contributed by atoms with van der Waals surface area (Å²) in [5, 5.41) is 2.51. The van der Waals surface area contributed by atoms with Gasteiger partial charge in [0.15, 0.2) is 5.11 Å². The Morgan fingerprint density at radius 3 is 2.00 bits per heavy atom. The number of thiocarbonyl (C=S) groups is 1. The van der Waals surface area contributed by atoms with Crippen LogP contribution in [0.4, 0.5) is 0 Å². The molecule has 0 aliphatic heterocycles. The lowest BCUT2D eigenvalue weighted by atomic mass is 10.1. The van der Waals surface area contributed by atoms with Crippen LogP contribution >= 0.6 is 12.2 Å². The highest BCUT2D eigenvalue weighted by atomic mass is 32.1. The Balaban J connectivity index is 1.54. The SMILES string of the molecule is CC(C)CCOc1ccccc1C(=O)NC(=S)NNC(=O)c1ccccc1OCc1ccccc1. The highest BCUT2D eigenvalue weighted by Gasteiger charge is 2.16. The zero-order valence-corrected chi connectivity index (χ0v) is 20.6. The molecule has 3 N–H and O–H groups in total. The molecule has 0 heterocycles. The van der Waals surface area contributed by atoms with Gasteiger partial charge in [0.1, 0.15) is 18.1 Å². The van der Waals surface area contributed by atoms with Gasteiger partial charge < -0.3 is 9.47 Å². The van der Waals surface area contributed by atoms with E-state index >= 15 is 0 Å². The Bertz CT molecular complexity index is 1150. The average Bonchev–Trinajstić information content (AvgIpc) is 2.87. The Morgan fingerprint density at radius 2 is 1.34 bits per heavy atom. The lowest BCUT2D eigenvalue weighted by Gasteiger charge is -2.15. The first-order chi connectivity index (χ1) is 16.9. The minimum absolute atomic E-state index is 0.0528. The third-order valence-corrected chi connectivity index (χ3v) is 5.17. The average molecular weight is 492 g/mol. The standard InChI is InChI=1S/C27H29N3O4S/c1-19(2)16-17-33-23-14-8-6-12-21(23)25(31)28-27(35)30-29-26(32)22-13-7-9-15-24(22)34-18-20-10-4-3-5-11-20/h3-15,19H,16-18H2,1-2H3,(H,29,32)(H2,28,30,31,35). The summed E-state index contributed by atoms with van der Waals surface area (Å²) in [5.41, 5.74) is 6.73. The van der Waals surface area contributed by atoms with Gasteiger partial charge >= 0.3 is 0 Å². The molecule has 0 radical (unpaired) electrons. The predicted octanol–water partition coefficient (Wildman–Crippen LogP) is 4.64. The quantitative estimate of drug-likeness (QED) is 0.299. The largest absolute Gasteiger partial charge is 0.493 e. The second kappa shape index (κ2) is 13.1. The predicted molar refractivity (Wildman–Crippen MR) is 139 cm³/mol. The molecule has 3 rings (SSSR count). The number of benzene rings is 3. The van der Waals surface area contributed by atoms with Crippen molar-refractivity contribution in [2.45, 2.75) is 26.9 Å². The van der Waals surface area contributed by atoms with E-state index in [0.717, 1.165) is 12.0 Å². The molecule has 0 saturated carbocycles. The fourth-order valence-corrected chi connectivity index (χ4v) is 3.23. The van der Waals surface area contributed by atoms with E-state index in [2.05, 4.69) is 30.0 Å². The number of hydrazine groups is 1. The maximum Gasteiger partial charge on any atom is 0.273 e. The number of ether oxygens (including phenoxy) is 2. The van der Waals surface area contributed by atoms with Crippen molar-refractivity contribution >= 4 is 29.1 Å². The molecule has 3 aromatic carbocycles. The van der Waals surface area contributed by atoms with Crippen molar-refractivity contribution in [1.29, 1.82) is 0 Å². The van der Waals surface area contributed by atoms with Gasteiger partial charge in [-0.25, -0.2) is 0 Å². The molecule has 3 aromatic rings. The molecule has 7 nitrogen and oxygen atoms in total. The zero-order chi connectivity index (χ0) is 25.0. The molecule has 0 aromatic heterocycles. The van der Waals surface area contributed by atoms with Gasteiger partial charge in [-0.1, -0.05) is 68.4 Å². The number of nitrogens with one attached hydrogen (secondary N) is 3. The fourth-order valence-electron chi connectivity index (χ4n) is 3.08. The number of amides is 2. The Morgan fingerprint density at radius 1 is 0.771 bits per heavy atom. The summed E-state index contributed by atoms with van der Waals surface area (Å²) in [6.45, 7) is 5.04. The topological polar surface area (TPSA) is 88.7 Å². The van der Waals surface area contributed by atoms with E-state index in [4.69, 9.17) is 21.7 Å². The summed E-state index contributed by atoms with van der Waals surface area (Å²) in [6.07, 6.45) is 0.874. The summed E-state index contributed by atoms with van der Waals surface area (Å²) in [7, 11) is 0. The molecular formula is C27H29N3O4S. The van der Waals surface area contributed by atoms with E-state index < -0.39 is 11.8 Å². The third kappa shape index (κ3) is 8.12. The van der Waals surface area contributed by atoms with Crippen LogP contribution in [0.5, 0.6) is 11.5 Å². The Labute approximate surface area is 210 Å². The molecule has 2 amide bonds. The molecule has 8 heteroatoms. The van der Waals surface area contributed by atoms with Crippen molar-refractivity contribution in [3.8, 4) is 11.5 Å². The van der Waals surface area contributed by atoms with Gasteiger partial charge in [0.05, 0.1) is 17.7 Å². The van der Waals surface area contributed by atoms with Gasteiger partial charge in [-0.2, -0.15) is 0 Å². The first-order valence-electron chi connectivity index (χ1n) is 11.3. The number of rotatable bonds is 9. The summed E-state index contributed by atoms with van der Waals surface area (Å²) < 4.78 is 11.6. The molecule has 0 aliphatic rings. The van der Waals surface area contributed by atoms with Crippen LogP contribution in [0.25, 0.3) is 0 Å². The monoisotopic (exact) mass is 491 g/mol. The number of para-hydroxylation sites is 2. The van der Waals surface area contributed by atoms with E-state index in [-0.39, 0.29) is 5.11 Å². The van der Waals surface area contributed by atoms with Crippen molar-refractivity contribution in [1.82, 2.24) is 16.2 Å². The van der Waals surface area contributed by atoms with E-state index in [1.807, 2.05) is 30.3 Å². The number of carbonyl (C=O) groups excluding carboxylic acids is 2. The van der Waals surface area contributed by atoms with Gasteiger partial charge in [0.25, 0.3) is 11.8 Å². The second-order valence-corrected chi connectivity index (χ2v) is 8.57. The highest BCUT2D eigenvalue weighted by Crippen LogP contribution is 2.20. The van der Waals surface area contributed by atoms with Crippen LogP contribution in [0.2, 0.25) is 0 Å². The smallest absolute Gasteiger partial charge is 0.273 e. The highest BCUT2D eigenvalue weighted by molar-refractivity contribution is 7.80. The van der Waals surface area contributed by atoms with Crippen LogP contribution in [-0.4, -0.2) is 23.5 Å². The maximum atomic E-state index is 12.7. The molecule has 0 fully saturated rings. The summed E-state index contributed by atoms with van der Waals surface area (Å²) in [6, 6.07) is 23.5. The van der Waals surface area contributed by atoms with Crippen molar-refractivity contribution in [3.63, 3.8) is 0 Å². The zero-order valence-electron chi connectivity index (χ0n) is 19.7. The molecule has 0 atom stereocenters. The molecule has 182 valence electrons.